The number of methoxy groups -OCH3 is 1. The molecule has 2 aromatic carbocycles. The van der Waals surface area contributed by atoms with Crippen LogP contribution < -0.4 is 14.2 Å². The lowest BCUT2D eigenvalue weighted by atomic mass is 9.84. The van der Waals surface area contributed by atoms with Crippen molar-refractivity contribution in [2.75, 3.05) is 46.6 Å². The van der Waals surface area contributed by atoms with Gasteiger partial charge < -0.3 is 19.3 Å². The van der Waals surface area contributed by atoms with Crippen LogP contribution in [0.3, 0.4) is 0 Å². The molecule has 4 rings (SSSR count). The summed E-state index contributed by atoms with van der Waals surface area (Å²) in [6, 6.07) is 12.7. The van der Waals surface area contributed by atoms with Gasteiger partial charge in [-0.2, -0.15) is 0 Å². The Morgan fingerprint density at radius 1 is 1.13 bits per heavy atom. The molecule has 0 aliphatic carbocycles. The Balaban J connectivity index is 1.62. The number of carbonyl (C=O) groups is 2. The summed E-state index contributed by atoms with van der Waals surface area (Å²) >= 11 is 0. The number of hydrogen-bond donors (Lipinski definition) is 1. The van der Waals surface area contributed by atoms with E-state index in [4.69, 9.17) is 19.0 Å². The Bertz CT molecular complexity index is 1110. The Kier molecular flexibility index (Phi) is 9.47. The van der Waals surface area contributed by atoms with Gasteiger partial charge in [-0.15, -0.1) is 0 Å². The molecule has 0 bridgehead atoms. The quantitative estimate of drug-likeness (QED) is 0.394. The predicted molar refractivity (Wildman–Crippen MR) is 142 cm³/mol. The molecule has 0 spiro atoms. The van der Waals surface area contributed by atoms with Crippen molar-refractivity contribution in [2.24, 2.45) is 5.92 Å². The monoisotopic (exact) mass is 526 g/mol. The van der Waals surface area contributed by atoms with E-state index in [1.54, 1.807) is 19.2 Å². The lowest BCUT2D eigenvalue weighted by Crippen LogP contribution is -2.46. The van der Waals surface area contributed by atoms with Crippen LogP contribution in [0.25, 0.3) is 0 Å². The van der Waals surface area contributed by atoms with Crippen LogP contribution >= 0.6 is 0 Å². The van der Waals surface area contributed by atoms with Crippen molar-refractivity contribution in [3.8, 4) is 17.2 Å². The highest BCUT2D eigenvalue weighted by molar-refractivity contribution is 5.78. The highest BCUT2D eigenvalue weighted by Gasteiger charge is 2.48. The summed E-state index contributed by atoms with van der Waals surface area (Å²) < 4.78 is 17.2. The normalized spacial score (nSPS) is 20.6. The van der Waals surface area contributed by atoms with Crippen molar-refractivity contribution in [3.63, 3.8) is 0 Å². The summed E-state index contributed by atoms with van der Waals surface area (Å²) in [6.07, 6.45) is 2.35. The zero-order chi connectivity index (χ0) is 27.1. The molecular formula is C29H38N2O7. The molecule has 0 radical (unpaired) electrons. The summed E-state index contributed by atoms with van der Waals surface area (Å²) in [5.74, 6) is -0.231. The highest BCUT2D eigenvalue weighted by atomic mass is 16.7. The molecule has 2 heterocycles. The molecule has 2 aliphatic heterocycles. The molecule has 0 saturated carbocycles. The van der Waals surface area contributed by atoms with E-state index in [1.807, 2.05) is 43.0 Å². The molecule has 1 N–H and O–H groups in total. The fourth-order valence-corrected chi connectivity index (χ4v) is 5.31. The van der Waals surface area contributed by atoms with Gasteiger partial charge in [0, 0.05) is 25.4 Å². The molecule has 2 aliphatic rings. The molecular weight excluding hydrogens is 488 g/mol. The van der Waals surface area contributed by atoms with Crippen molar-refractivity contribution in [2.45, 2.75) is 45.1 Å². The number of aliphatic carboxylic acids is 1. The lowest BCUT2D eigenvalue weighted by Gasteiger charge is -2.29. The fourth-order valence-electron chi connectivity index (χ4n) is 5.31. The second-order valence-electron chi connectivity index (χ2n) is 9.72. The summed E-state index contributed by atoms with van der Waals surface area (Å²) in [4.78, 5) is 33.7. The summed E-state index contributed by atoms with van der Waals surface area (Å²) in [6.45, 7) is 6.09. The third-order valence-electron chi connectivity index (χ3n) is 7.15. The third kappa shape index (κ3) is 6.22. The maximum Gasteiger partial charge on any atom is 0.308 e. The second-order valence-corrected chi connectivity index (χ2v) is 9.72. The molecule has 3 atom stereocenters. The summed E-state index contributed by atoms with van der Waals surface area (Å²) in [7, 11) is 1.56. The van der Waals surface area contributed by atoms with Crippen molar-refractivity contribution < 1.29 is 33.7 Å². The van der Waals surface area contributed by atoms with E-state index >= 15 is 0 Å². The molecule has 1 unspecified atom stereocenters. The average molecular weight is 527 g/mol. The maximum atomic E-state index is 13.3. The number of carbonyl (C=O) groups excluding carboxylic acids is 1. The van der Waals surface area contributed by atoms with Crippen LogP contribution in [0.4, 0.5) is 0 Å². The van der Waals surface area contributed by atoms with Gasteiger partial charge in [-0.3, -0.25) is 19.3 Å². The zero-order valence-corrected chi connectivity index (χ0v) is 22.4. The standard InChI is InChI=1S/C29H38N2O7/c1-4-13-31(38-14-5-2)27(32)18-30-17-22(20-10-11-24-21(16-20)12-15-36-24)28(29(33)34)23(30)19-37-26-9-7-6-8-25(26)35-3/h6-11,16,22-23,28H,4-5,12-15,17-19H2,1-3H3,(H,33,34)/t22-,23+,28?/m1/s1. The van der Waals surface area contributed by atoms with Gasteiger partial charge in [-0.1, -0.05) is 38.1 Å². The Hall–Kier alpha value is -3.30. The largest absolute Gasteiger partial charge is 0.493 e. The van der Waals surface area contributed by atoms with E-state index in [1.165, 1.54) is 5.06 Å². The van der Waals surface area contributed by atoms with Gasteiger partial charge in [-0.05, 0) is 42.2 Å². The van der Waals surface area contributed by atoms with Gasteiger partial charge in [0.2, 0.25) is 0 Å². The topological polar surface area (TPSA) is 97.8 Å². The van der Waals surface area contributed by atoms with Crippen molar-refractivity contribution in [3.05, 3.63) is 53.6 Å². The van der Waals surface area contributed by atoms with Gasteiger partial charge >= 0.3 is 5.97 Å². The minimum Gasteiger partial charge on any atom is -0.493 e. The number of carboxylic acids is 1. The minimum absolute atomic E-state index is 0.0397. The number of carboxylic acid groups (broad SMARTS) is 1. The fraction of sp³-hybridized carbons (Fsp3) is 0.517. The number of rotatable bonds is 13. The van der Waals surface area contributed by atoms with Gasteiger partial charge in [0.1, 0.15) is 12.4 Å². The number of benzene rings is 2. The van der Waals surface area contributed by atoms with E-state index < -0.39 is 17.9 Å². The minimum atomic E-state index is -0.914. The van der Waals surface area contributed by atoms with Crippen LogP contribution in [0.2, 0.25) is 0 Å². The number of amides is 1. The first kappa shape index (κ1) is 27.7. The van der Waals surface area contributed by atoms with Crippen molar-refractivity contribution in [1.29, 1.82) is 0 Å². The molecule has 0 aromatic heterocycles. The first-order valence-corrected chi connectivity index (χ1v) is 13.4. The molecule has 9 heteroatoms. The smallest absolute Gasteiger partial charge is 0.308 e. The van der Waals surface area contributed by atoms with E-state index in [-0.39, 0.29) is 25.0 Å². The molecule has 1 fully saturated rings. The first-order valence-electron chi connectivity index (χ1n) is 13.4. The van der Waals surface area contributed by atoms with Crippen molar-refractivity contribution in [1.82, 2.24) is 9.96 Å². The van der Waals surface area contributed by atoms with Gasteiger partial charge in [0.15, 0.2) is 11.5 Å². The highest BCUT2D eigenvalue weighted by Crippen LogP contribution is 2.40. The van der Waals surface area contributed by atoms with Gasteiger partial charge in [0.05, 0.1) is 38.8 Å². The SMILES string of the molecule is CCCON(CCC)C(=O)CN1C[C@H](c2ccc3c(c2)CCO3)C(C(=O)O)[C@@H]1COc1ccccc1OC. The van der Waals surface area contributed by atoms with Crippen LogP contribution in [0.5, 0.6) is 17.2 Å². The Morgan fingerprint density at radius 3 is 2.63 bits per heavy atom. The Labute approximate surface area is 224 Å². The molecule has 206 valence electrons. The predicted octanol–water partition coefficient (Wildman–Crippen LogP) is 3.76. The van der Waals surface area contributed by atoms with Gasteiger partial charge in [-0.25, -0.2) is 5.06 Å². The first-order chi connectivity index (χ1) is 18.5. The number of para-hydroxylation sites is 2. The van der Waals surface area contributed by atoms with Crippen LogP contribution in [0, 0.1) is 5.92 Å². The van der Waals surface area contributed by atoms with Crippen LogP contribution in [-0.2, 0) is 20.8 Å². The van der Waals surface area contributed by atoms with Crippen LogP contribution in [-0.4, -0.2) is 79.6 Å². The lowest BCUT2D eigenvalue weighted by molar-refractivity contribution is -0.188. The summed E-state index contributed by atoms with van der Waals surface area (Å²) in [5.41, 5.74) is 2.02. The number of ether oxygens (including phenoxy) is 3. The van der Waals surface area contributed by atoms with E-state index in [0.717, 1.165) is 36.1 Å². The number of nitrogens with zero attached hydrogens (tertiary/aromatic N) is 2. The van der Waals surface area contributed by atoms with Crippen LogP contribution in [0.1, 0.15) is 43.7 Å². The average Bonchev–Trinajstić information content (AvgIpc) is 3.54. The molecule has 9 nitrogen and oxygen atoms in total. The van der Waals surface area contributed by atoms with Gasteiger partial charge in [0.25, 0.3) is 5.91 Å². The maximum absolute atomic E-state index is 13.3. The summed E-state index contributed by atoms with van der Waals surface area (Å²) in [5, 5.41) is 11.8. The number of likely N-dealkylation sites (tertiary alicyclic amines) is 1. The third-order valence-corrected chi connectivity index (χ3v) is 7.15. The molecule has 1 amide bonds. The van der Waals surface area contributed by atoms with Crippen LogP contribution in [0.15, 0.2) is 42.5 Å². The van der Waals surface area contributed by atoms with E-state index in [0.29, 0.717) is 37.8 Å². The van der Waals surface area contributed by atoms with Crippen molar-refractivity contribution >= 4 is 11.9 Å². The number of hydrogen-bond acceptors (Lipinski definition) is 7. The second kappa shape index (κ2) is 13.0. The number of fused-ring (bicyclic) bond motifs is 1. The Morgan fingerprint density at radius 2 is 1.92 bits per heavy atom. The van der Waals surface area contributed by atoms with E-state index in [2.05, 4.69) is 6.07 Å². The molecule has 1 saturated heterocycles. The molecule has 2 aromatic rings. The molecule has 38 heavy (non-hydrogen) atoms. The zero-order valence-electron chi connectivity index (χ0n) is 22.4. The van der Waals surface area contributed by atoms with E-state index in [9.17, 15) is 14.7 Å². The number of hydroxylamine groups is 2.